The summed E-state index contributed by atoms with van der Waals surface area (Å²) < 4.78 is 33.5. The van der Waals surface area contributed by atoms with Gasteiger partial charge in [-0.25, -0.2) is 18.7 Å². The molecule has 6 N–H and O–H groups in total. The fraction of sp³-hybridized carbons (Fsp3) is 0.370. The molecule has 5 rings (SSSR count). The zero-order valence-corrected chi connectivity index (χ0v) is 21.1. The van der Waals surface area contributed by atoms with Crippen LogP contribution in [0.1, 0.15) is 56.6 Å². The molecule has 3 heterocycles. The maximum Gasteiger partial charge on any atom is 0.199 e. The molecule has 1 saturated heterocycles. The third kappa shape index (κ3) is 5.26. The molecule has 0 amide bonds. The van der Waals surface area contributed by atoms with Gasteiger partial charge in [-0.3, -0.25) is 5.10 Å². The van der Waals surface area contributed by atoms with E-state index in [2.05, 4.69) is 22.1 Å². The first-order valence-electron chi connectivity index (χ1n) is 12.4. The van der Waals surface area contributed by atoms with Crippen LogP contribution in [-0.2, 0) is 10.3 Å². The fourth-order valence-corrected chi connectivity index (χ4v) is 4.57. The second-order valence-electron chi connectivity index (χ2n) is 9.25. The number of nitrogens with one attached hydrogen (secondary N) is 1. The molecule has 1 aromatic carbocycles. The minimum Gasteiger partial charge on any atom is -0.401 e. The highest BCUT2D eigenvalue weighted by Crippen LogP contribution is 2.39. The normalized spacial score (nSPS) is 21.2. The molecule has 1 aliphatic heterocycles. The highest BCUT2D eigenvalue weighted by molar-refractivity contribution is 5.67. The minimum absolute atomic E-state index is 0.0146. The van der Waals surface area contributed by atoms with Crippen LogP contribution < -0.4 is 11.5 Å². The number of benzene rings is 1. The van der Waals surface area contributed by atoms with Crippen molar-refractivity contribution in [3.63, 3.8) is 0 Å². The van der Waals surface area contributed by atoms with E-state index in [0.717, 1.165) is 17.7 Å². The molecule has 1 fully saturated rings. The third-order valence-corrected chi connectivity index (χ3v) is 6.50. The summed E-state index contributed by atoms with van der Waals surface area (Å²) >= 11 is 0. The van der Waals surface area contributed by atoms with Gasteiger partial charge in [0, 0.05) is 17.3 Å². The van der Waals surface area contributed by atoms with Crippen molar-refractivity contribution in [2.75, 3.05) is 13.2 Å². The van der Waals surface area contributed by atoms with Crippen LogP contribution in [0.5, 0.6) is 0 Å². The summed E-state index contributed by atoms with van der Waals surface area (Å²) in [5, 5.41) is 17.4. The van der Waals surface area contributed by atoms with Gasteiger partial charge in [-0.05, 0) is 54.7 Å². The van der Waals surface area contributed by atoms with Gasteiger partial charge < -0.3 is 21.3 Å². The smallest absolute Gasteiger partial charge is 0.199 e. The number of nitrogens with zero attached hydrogens (tertiary/aromatic N) is 3. The summed E-state index contributed by atoms with van der Waals surface area (Å²) in [6.07, 6.45) is 2.94. The Bertz CT molecular complexity index is 1310. The van der Waals surface area contributed by atoms with Crippen LogP contribution in [-0.4, -0.2) is 38.5 Å². The molecule has 1 aliphatic carbocycles. The quantitative estimate of drug-likeness (QED) is 0.405. The van der Waals surface area contributed by atoms with Crippen molar-refractivity contribution < 1.29 is 18.6 Å². The molecule has 196 valence electrons. The predicted octanol–water partition coefficient (Wildman–Crippen LogP) is 4.12. The Morgan fingerprint density at radius 1 is 1.14 bits per heavy atom. The van der Waals surface area contributed by atoms with Gasteiger partial charge in [0.05, 0.1) is 24.5 Å². The number of allylic oxidation sites excluding steroid dienone is 3. The lowest BCUT2D eigenvalue weighted by Crippen LogP contribution is -2.47. The van der Waals surface area contributed by atoms with Gasteiger partial charge in [0.25, 0.3) is 0 Å². The summed E-state index contributed by atoms with van der Waals surface area (Å²) in [6.45, 7) is 6.40. The molecule has 8 nitrogen and oxygen atoms in total. The first-order chi connectivity index (χ1) is 17.7. The predicted molar refractivity (Wildman–Crippen MR) is 137 cm³/mol. The van der Waals surface area contributed by atoms with Crippen molar-refractivity contribution in [1.82, 2.24) is 20.2 Å². The molecule has 2 unspecified atom stereocenters. The van der Waals surface area contributed by atoms with Gasteiger partial charge in [-0.15, -0.1) is 0 Å². The Morgan fingerprint density at radius 2 is 1.81 bits per heavy atom. The molecule has 2 aromatic heterocycles. The summed E-state index contributed by atoms with van der Waals surface area (Å²) in [5.74, 6) is -0.739. The lowest BCUT2D eigenvalue weighted by atomic mass is 9.78. The van der Waals surface area contributed by atoms with Crippen LogP contribution in [0.4, 0.5) is 8.78 Å². The van der Waals surface area contributed by atoms with Crippen molar-refractivity contribution in [2.24, 2.45) is 17.4 Å². The van der Waals surface area contributed by atoms with Crippen LogP contribution in [0.2, 0.25) is 0 Å². The number of nitrogens with two attached hydrogens (primary N) is 2. The second kappa shape index (κ2) is 10.8. The number of H-pyrrole nitrogens is 1. The summed E-state index contributed by atoms with van der Waals surface area (Å²) in [6, 6.07) is 9.14. The molecule has 37 heavy (non-hydrogen) atoms. The topological polar surface area (TPSA) is 136 Å². The van der Waals surface area contributed by atoms with E-state index in [0.29, 0.717) is 29.5 Å². The van der Waals surface area contributed by atoms with Crippen molar-refractivity contribution >= 4 is 5.70 Å². The molecule has 2 aliphatic rings. The largest absolute Gasteiger partial charge is 0.401 e. The van der Waals surface area contributed by atoms with Crippen molar-refractivity contribution in [1.29, 1.82) is 0 Å². The molecule has 0 bridgehead atoms. The number of hydrogen-bond donors (Lipinski definition) is 4. The highest BCUT2D eigenvalue weighted by Gasteiger charge is 2.41. The van der Waals surface area contributed by atoms with Crippen LogP contribution >= 0.6 is 0 Å². The van der Waals surface area contributed by atoms with Crippen LogP contribution in [0.3, 0.4) is 0 Å². The van der Waals surface area contributed by atoms with Gasteiger partial charge >= 0.3 is 0 Å². The molecule has 0 spiro atoms. The lowest BCUT2D eigenvalue weighted by molar-refractivity contribution is -0.189. The number of aliphatic hydroxyl groups is 1. The first-order valence-corrected chi connectivity index (χ1v) is 12.4. The maximum absolute atomic E-state index is 14.2. The average Bonchev–Trinajstić information content (AvgIpc) is 3.37. The number of pyridine rings is 1. The zero-order valence-electron chi connectivity index (χ0n) is 21.1. The Hall–Kier alpha value is -3.63. The molecule has 10 heteroatoms. The van der Waals surface area contributed by atoms with E-state index < -0.39 is 17.2 Å². The molecule has 3 aromatic rings. The number of hydrogen-bond acceptors (Lipinski definition) is 7. The van der Waals surface area contributed by atoms with Gasteiger partial charge in [0.1, 0.15) is 17.3 Å². The molecule has 0 radical (unpaired) electrons. The second-order valence-corrected chi connectivity index (χ2v) is 9.25. The Labute approximate surface area is 214 Å². The molecular formula is C27H32F2N6O2. The third-order valence-electron chi connectivity index (χ3n) is 6.50. The van der Waals surface area contributed by atoms with E-state index in [4.69, 9.17) is 21.2 Å². The average molecular weight is 511 g/mol. The van der Waals surface area contributed by atoms with Crippen molar-refractivity contribution in [2.45, 2.75) is 45.1 Å². The standard InChI is InChI=1S/C25H26F2N6O2.C2H6/c1-13-8-14(10-18(28)21-16(26)4-2-5-17(21)27)22(29)15(9-13)19-6-3-7-20(30-19)23-31-24(33-32-23)25(34)11-35-12-25;1-2/h2-7,10,13,15,34H,8-9,11-12,28-29H2,1H3,(H,31,32,33);1-2H3/b18-10-;. The zero-order chi connectivity index (χ0) is 26.7. The summed E-state index contributed by atoms with van der Waals surface area (Å²) in [5.41, 5.74) is 13.8. The van der Waals surface area contributed by atoms with Gasteiger partial charge in [-0.1, -0.05) is 32.9 Å². The Balaban J connectivity index is 0.00000156. The van der Waals surface area contributed by atoms with Gasteiger partial charge in [0.2, 0.25) is 0 Å². The SMILES string of the molecule is CC.CC1CC(/C=C(\N)c2c(F)cccc2F)=C(N)C(c2cccc(-c3n[nH]c(C4(O)COC4)n3)n2)C1. The van der Waals surface area contributed by atoms with E-state index in [9.17, 15) is 13.9 Å². The number of halogens is 2. The Kier molecular flexibility index (Phi) is 7.70. The number of aromatic amines is 1. The maximum atomic E-state index is 14.2. The van der Waals surface area contributed by atoms with E-state index in [1.54, 1.807) is 12.1 Å². The fourth-order valence-electron chi connectivity index (χ4n) is 4.57. The van der Waals surface area contributed by atoms with Crippen LogP contribution in [0, 0.1) is 17.6 Å². The first kappa shape index (κ1) is 26.4. The number of rotatable bonds is 5. The van der Waals surface area contributed by atoms with Gasteiger partial charge in [-0.2, -0.15) is 5.10 Å². The van der Waals surface area contributed by atoms with Crippen molar-refractivity contribution in [3.8, 4) is 11.5 Å². The number of aromatic nitrogens is 4. The van der Waals surface area contributed by atoms with E-state index >= 15 is 0 Å². The van der Waals surface area contributed by atoms with E-state index in [-0.39, 0.29) is 36.3 Å². The number of ether oxygens (including phenoxy) is 1. The van der Waals surface area contributed by atoms with Crippen LogP contribution in [0.25, 0.3) is 17.2 Å². The molecule has 0 saturated carbocycles. The van der Waals surface area contributed by atoms with Crippen LogP contribution in [0.15, 0.2) is 53.7 Å². The van der Waals surface area contributed by atoms with E-state index in [1.165, 1.54) is 18.2 Å². The van der Waals surface area contributed by atoms with Crippen molar-refractivity contribution in [3.05, 3.63) is 82.5 Å². The lowest BCUT2D eigenvalue weighted by Gasteiger charge is -2.33. The highest BCUT2D eigenvalue weighted by atomic mass is 19.1. The summed E-state index contributed by atoms with van der Waals surface area (Å²) in [7, 11) is 0. The summed E-state index contributed by atoms with van der Waals surface area (Å²) in [4.78, 5) is 9.15. The van der Waals surface area contributed by atoms with E-state index in [1.807, 2.05) is 26.0 Å². The molecular weight excluding hydrogens is 478 g/mol. The van der Waals surface area contributed by atoms with Gasteiger partial charge in [0.15, 0.2) is 17.2 Å². The Morgan fingerprint density at radius 3 is 2.46 bits per heavy atom. The minimum atomic E-state index is -1.16. The molecule has 2 atom stereocenters. The monoisotopic (exact) mass is 510 g/mol.